The van der Waals surface area contributed by atoms with Gasteiger partial charge in [-0.25, -0.2) is 9.97 Å². The highest BCUT2D eigenvalue weighted by Gasteiger charge is 2.35. The summed E-state index contributed by atoms with van der Waals surface area (Å²) in [5, 5.41) is 9.76. The topological polar surface area (TPSA) is 118 Å². The van der Waals surface area contributed by atoms with Gasteiger partial charge in [0.05, 0.1) is 49.5 Å². The molecule has 3 aromatic rings. The molecule has 0 bridgehead atoms. The quantitative estimate of drug-likeness (QED) is 0.184. The van der Waals surface area contributed by atoms with Crippen molar-refractivity contribution in [2.24, 2.45) is 17.3 Å². The van der Waals surface area contributed by atoms with Crippen LogP contribution in [0.5, 0.6) is 11.6 Å². The smallest absolute Gasteiger partial charge is 0.306 e. The Hall–Kier alpha value is -4.65. The summed E-state index contributed by atoms with van der Waals surface area (Å²) in [6.07, 6.45) is 7.80. The van der Waals surface area contributed by atoms with Gasteiger partial charge in [0.25, 0.3) is 5.91 Å². The van der Waals surface area contributed by atoms with Gasteiger partial charge in [-0.1, -0.05) is 6.07 Å². The molecule has 2 aliphatic rings. The van der Waals surface area contributed by atoms with E-state index in [1.54, 1.807) is 48.7 Å². The Labute approximate surface area is 277 Å². The van der Waals surface area contributed by atoms with Crippen molar-refractivity contribution in [3.8, 4) is 17.7 Å². The molecule has 1 aliphatic heterocycles. The molecular formula is C37H45N5O5. The number of nitriles is 1. The second kappa shape index (κ2) is 15.3. The maximum absolute atomic E-state index is 14.2. The van der Waals surface area contributed by atoms with E-state index in [2.05, 4.69) is 20.9 Å². The lowest BCUT2D eigenvalue weighted by molar-refractivity contribution is -0.143. The SMILES string of the molecule is CCOC(=O)CC(c1ccnc(OCC2CCN(c3cc(OC)ccc3C(=O)N(CC(C)(C)C#N)c3ccccn3)CC2)c1)C1CC1. The molecule has 0 spiro atoms. The zero-order valence-corrected chi connectivity index (χ0v) is 27.9. The molecule has 1 atom stereocenters. The molecule has 5 rings (SSSR count). The number of benzene rings is 1. The molecule has 0 radical (unpaired) electrons. The summed E-state index contributed by atoms with van der Waals surface area (Å²) >= 11 is 0. The van der Waals surface area contributed by atoms with Crippen LogP contribution in [0.1, 0.15) is 74.7 Å². The lowest BCUT2D eigenvalue weighted by Gasteiger charge is -2.35. The highest BCUT2D eigenvalue weighted by atomic mass is 16.5. The van der Waals surface area contributed by atoms with Gasteiger partial charge in [0.15, 0.2) is 0 Å². The van der Waals surface area contributed by atoms with E-state index in [0.717, 1.165) is 50.0 Å². The Kier molecular flexibility index (Phi) is 11.0. The normalized spacial score (nSPS) is 15.8. The van der Waals surface area contributed by atoms with Gasteiger partial charge in [0, 0.05) is 44.2 Å². The number of pyridine rings is 2. The van der Waals surface area contributed by atoms with Gasteiger partial charge in [-0.05, 0) is 100 Å². The number of amides is 1. The average Bonchev–Trinajstić information content (AvgIpc) is 3.95. The predicted molar refractivity (Wildman–Crippen MR) is 180 cm³/mol. The summed E-state index contributed by atoms with van der Waals surface area (Å²) < 4.78 is 17.0. The Morgan fingerprint density at radius 2 is 1.85 bits per heavy atom. The lowest BCUT2D eigenvalue weighted by atomic mass is 9.92. The molecule has 1 saturated heterocycles. The van der Waals surface area contributed by atoms with Crippen molar-refractivity contribution in [2.45, 2.75) is 58.8 Å². The minimum Gasteiger partial charge on any atom is -0.497 e. The van der Waals surface area contributed by atoms with E-state index >= 15 is 0 Å². The third kappa shape index (κ3) is 8.79. The van der Waals surface area contributed by atoms with Gasteiger partial charge in [-0.3, -0.25) is 14.5 Å². The minimum atomic E-state index is -0.772. The van der Waals surface area contributed by atoms with E-state index in [9.17, 15) is 14.9 Å². The van der Waals surface area contributed by atoms with Crippen LogP contribution in [0.15, 0.2) is 60.9 Å². The molecule has 10 heteroatoms. The molecule has 248 valence electrons. The zero-order chi connectivity index (χ0) is 33.4. The molecule has 1 saturated carbocycles. The van der Waals surface area contributed by atoms with E-state index in [-0.39, 0.29) is 24.3 Å². The third-order valence-electron chi connectivity index (χ3n) is 8.95. The summed E-state index contributed by atoms with van der Waals surface area (Å²) in [6.45, 7) is 8.08. The van der Waals surface area contributed by atoms with Crippen LogP contribution >= 0.6 is 0 Å². The molecule has 1 aliphatic carbocycles. The first-order chi connectivity index (χ1) is 22.7. The second-order valence-corrected chi connectivity index (χ2v) is 13.1. The summed E-state index contributed by atoms with van der Waals surface area (Å²) in [7, 11) is 1.62. The fourth-order valence-corrected chi connectivity index (χ4v) is 6.16. The number of anilines is 2. The van der Waals surface area contributed by atoms with Crippen LogP contribution < -0.4 is 19.3 Å². The first-order valence-electron chi connectivity index (χ1n) is 16.5. The number of hydrogen-bond donors (Lipinski definition) is 0. The Morgan fingerprint density at radius 3 is 2.51 bits per heavy atom. The molecule has 3 heterocycles. The first kappa shape index (κ1) is 33.7. The number of rotatable bonds is 14. The molecule has 2 aromatic heterocycles. The van der Waals surface area contributed by atoms with Crippen LogP contribution in [0.4, 0.5) is 11.5 Å². The largest absolute Gasteiger partial charge is 0.497 e. The Bertz CT molecular complexity index is 1560. The Balaban J connectivity index is 1.26. The van der Waals surface area contributed by atoms with Gasteiger partial charge < -0.3 is 19.1 Å². The predicted octanol–water partition coefficient (Wildman–Crippen LogP) is 6.42. The highest BCUT2D eigenvalue weighted by molar-refractivity contribution is 6.09. The van der Waals surface area contributed by atoms with Crippen LogP contribution in [0, 0.1) is 28.6 Å². The fourth-order valence-electron chi connectivity index (χ4n) is 6.16. The number of methoxy groups -OCH3 is 1. The number of nitrogens with zero attached hydrogens (tertiary/aromatic N) is 5. The van der Waals surface area contributed by atoms with Crippen molar-refractivity contribution in [3.63, 3.8) is 0 Å². The van der Waals surface area contributed by atoms with Gasteiger partial charge in [0.1, 0.15) is 11.6 Å². The molecule has 47 heavy (non-hydrogen) atoms. The number of carbonyl (C=O) groups is 2. The van der Waals surface area contributed by atoms with Crippen molar-refractivity contribution in [3.05, 3.63) is 72.1 Å². The summed E-state index contributed by atoms with van der Waals surface area (Å²) in [6, 6.07) is 17.2. The summed E-state index contributed by atoms with van der Waals surface area (Å²) in [5.74, 6) is 2.32. The minimum absolute atomic E-state index is 0.127. The van der Waals surface area contributed by atoms with Crippen LogP contribution in [-0.4, -0.2) is 61.8 Å². The molecule has 2 fully saturated rings. The molecule has 1 unspecified atom stereocenters. The number of aromatic nitrogens is 2. The number of esters is 1. The van der Waals surface area contributed by atoms with Crippen LogP contribution in [0.3, 0.4) is 0 Å². The number of hydrogen-bond acceptors (Lipinski definition) is 9. The van der Waals surface area contributed by atoms with Crippen LogP contribution in [-0.2, 0) is 9.53 Å². The number of piperidine rings is 1. The molecular weight excluding hydrogens is 594 g/mol. The molecule has 1 aromatic carbocycles. The lowest BCUT2D eigenvalue weighted by Crippen LogP contribution is -2.41. The molecule has 0 N–H and O–H groups in total. The fraction of sp³-hybridized carbons (Fsp3) is 0.486. The van der Waals surface area contributed by atoms with Gasteiger partial charge in [0.2, 0.25) is 5.88 Å². The third-order valence-corrected chi connectivity index (χ3v) is 8.95. The standard InChI is InChI=1S/C37H45N5O5/c1-5-46-35(43)22-31(27-9-10-27)28-13-17-40-34(20-28)47-23-26-14-18-41(19-15-26)32-21-29(45-4)11-12-30(32)36(44)42(25-37(2,3)24-38)33-8-6-7-16-39-33/h6-8,11-13,16-17,20-21,26-27,31H,5,9-10,14-15,18-19,22-23,25H2,1-4H3. The average molecular weight is 640 g/mol. The number of carbonyl (C=O) groups excluding carboxylic acids is 2. The molecule has 10 nitrogen and oxygen atoms in total. The monoisotopic (exact) mass is 639 g/mol. The number of ether oxygens (including phenoxy) is 3. The van der Waals surface area contributed by atoms with E-state index < -0.39 is 5.41 Å². The van der Waals surface area contributed by atoms with Crippen molar-refractivity contribution < 1.29 is 23.8 Å². The van der Waals surface area contributed by atoms with Gasteiger partial charge >= 0.3 is 5.97 Å². The van der Waals surface area contributed by atoms with Gasteiger partial charge in [-0.2, -0.15) is 5.26 Å². The van der Waals surface area contributed by atoms with E-state index in [0.29, 0.717) is 54.5 Å². The van der Waals surface area contributed by atoms with Crippen LogP contribution in [0.2, 0.25) is 0 Å². The van der Waals surface area contributed by atoms with Crippen LogP contribution in [0.25, 0.3) is 0 Å². The molecule has 1 amide bonds. The highest BCUT2D eigenvalue weighted by Crippen LogP contribution is 2.45. The van der Waals surface area contributed by atoms with Crippen molar-refractivity contribution in [1.29, 1.82) is 5.26 Å². The second-order valence-electron chi connectivity index (χ2n) is 13.1. The maximum atomic E-state index is 14.2. The van der Waals surface area contributed by atoms with Crippen molar-refractivity contribution in [2.75, 3.05) is 49.8 Å². The van der Waals surface area contributed by atoms with Gasteiger partial charge in [-0.15, -0.1) is 0 Å². The first-order valence-corrected chi connectivity index (χ1v) is 16.5. The Morgan fingerprint density at radius 1 is 1.06 bits per heavy atom. The zero-order valence-electron chi connectivity index (χ0n) is 27.9. The van der Waals surface area contributed by atoms with E-state index in [1.807, 2.05) is 45.0 Å². The van der Waals surface area contributed by atoms with Crippen molar-refractivity contribution in [1.82, 2.24) is 9.97 Å². The maximum Gasteiger partial charge on any atom is 0.306 e. The van der Waals surface area contributed by atoms with E-state index in [1.165, 1.54) is 0 Å². The van der Waals surface area contributed by atoms with Crippen molar-refractivity contribution >= 4 is 23.4 Å². The summed E-state index contributed by atoms with van der Waals surface area (Å²) in [4.78, 5) is 39.2. The summed E-state index contributed by atoms with van der Waals surface area (Å²) in [5.41, 5.74) is 1.64. The van der Waals surface area contributed by atoms with E-state index in [4.69, 9.17) is 14.2 Å².